The fourth-order valence-corrected chi connectivity index (χ4v) is 2.99. The van der Waals surface area contributed by atoms with Crippen LogP contribution in [0.1, 0.15) is 44.9 Å². The molecule has 0 unspecified atom stereocenters. The van der Waals surface area contributed by atoms with Gasteiger partial charge in [-0.1, -0.05) is 25.7 Å². The SMILES string of the molecule is CN(C(=O)CC1(C(=O)O)CCCCCC1)c1ccncc1. The number of anilines is 1. The Bertz CT molecular complexity index is 494. The minimum absolute atomic E-state index is 0.0706. The minimum Gasteiger partial charge on any atom is -0.481 e. The lowest BCUT2D eigenvalue weighted by Gasteiger charge is -2.29. The first-order valence-corrected chi connectivity index (χ1v) is 7.45. The van der Waals surface area contributed by atoms with E-state index in [-0.39, 0.29) is 12.3 Å². The number of hydrogen-bond acceptors (Lipinski definition) is 3. The zero-order valence-corrected chi connectivity index (χ0v) is 12.4. The van der Waals surface area contributed by atoms with Gasteiger partial charge in [0.05, 0.1) is 5.41 Å². The van der Waals surface area contributed by atoms with E-state index in [2.05, 4.69) is 4.98 Å². The van der Waals surface area contributed by atoms with E-state index in [1.54, 1.807) is 31.6 Å². The van der Waals surface area contributed by atoms with Crippen molar-refractivity contribution in [1.82, 2.24) is 4.98 Å². The van der Waals surface area contributed by atoms with Crippen LogP contribution < -0.4 is 4.90 Å². The highest BCUT2D eigenvalue weighted by atomic mass is 16.4. The predicted octanol–water partition coefficient (Wildman–Crippen LogP) is 2.86. The summed E-state index contributed by atoms with van der Waals surface area (Å²) in [6, 6.07) is 3.50. The molecule has 0 saturated heterocycles. The molecule has 0 spiro atoms. The molecule has 21 heavy (non-hydrogen) atoms. The van der Waals surface area contributed by atoms with Crippen LogP contribution in [0, 0.1) is 5.41 Å². The fraction of sp³-hybridized carbons (Fsp3) is 0.562. The lowest BCUT2D eigenvalue weighted by Crippen LogP contribution is -2.38. The third-order valence-corrected chi connectivity index (χ3v) is 4.43. The normalized spacial score (nSPS) is 17.8. The van der Waals surface area contributed by atoms with Crippen LogP contribution in [0.5, 0.6) is 0 Å². The number of carbonyl (C=O) groups excluding carboxylic acids is 1. The molecule has 1 heterocycles. The Hall–Kier alpha value is -1.91. The molecule has 0 atom stereocenters. The van der Waals surface area contributed by atoms with Gasteiger partial charge in [-0.2, -0.15) is 0 Å². The Kier molecular flexibility index (Phi) is 4.94. The number of aliphatic carboxylic acids is 1. The van der Waals surface area contributed by atoms with Gasteiger partial charge in [0.1, 0.15) is 0 Å². The number of pyridine rings is 1. The van der Waals surface area contributed by atoms with Gasteiger partial charge in [-0.05, 0) is 25.0 Å². The van der Waals surface area contributed by atoms with E-state index in [4.69, 9.17) is 0 Å². The van der Waals surface area contributed by atoms with Crippen molar-refractivity contribution in [3.05, 3.63) is 24.5 Å². The standard InChI is InChI=1S/C16H22N2O3/c1-18(13-6-10-17-11-7-13)14(19)12-16(15(20)21)8-4-2-3-5-9-16/h6-7,10-11H,2-5,8-9,12H2,1H3,(H,20,21). The zero-order valence-electron chi connectivity index (χ0n) is 12.4. The van der Waals surface area contributed by atoms with Crippen LogP contribution in [0.4, 0.5) is 5.69 Å². The van der Waals surface area contributed by atoms with Gasteiger partial charge < -0.3 is 10.0 Å². The first-order valence-electron chi connectivity index (χ1n) is 7.45. The second-order valence-electron chi connectivity index (χ2n) is 5.83. The Morgan fingerprint density at radius 1 is 1.19 bits per heavy atom. The molecule has 5 heteroatoms. The molecule has 0 aromatic carbocycles. The van der Waals surface area contributed by atoms with E-state index >= 15 is 0 Å². The van der Waals surface area contributed by atoms with E-state index in [0.717, 1.165) is 31.4 Å². The second kappa shape index (κ2) is 6.70. The van der Waals surface area contributed by atoms with Gasteiger partial charge in [0.25, 0.3) is 0 Å². The summed E-state index contributed by atoms with van der Waals surface area (Å²) in [6.07, 6.45) is 8.40. The Morgan fingerprint density at radius 2 is 1.76 bits per heavy atom. The molecule has 1 saturated carbocycles. The summed E-state index contributed by atoms with van der Waals surface area (Å²) < 4.78 is 0. The highest BCUT2D eigenvalue weighted by molar-refractivity contribution is 5.95. The first kappa shape index (κ1) is 15.5. The molecular formula is C16H22N2O3. The van der Waals surface area contributed by atoms with Crippen LogP contribution in [0.25, 0.3) is 0 Å². The van der Waals surface area contributed by atoms with Gasteiger partial charge in [-0.3, -0.25) is 14.6 Å². The maximum absolute atomic E-state index is 12.5. The molecule has 1 fully saturated rings. The van der Waals surface area contributed by atoms with Crippen molar-refractivity contribution >= 4 is 17.6 Å². The average Bonchev–Trinajstić information content (AvgIpc) is 2.74. The maximum atomic E-state index is 12.5. The van der Waals surface area contributed by atoms with Crippen LogP contribution in [-0.2, 0) is 9.59 Å². The van der Waals surface area contributed by atoms with Gasteiger partial charge in [0.2, 0.25) is 5.91 Å². The smallest absolute Gasteiger partial charge is 0.310 e. The number of amides is 1. The third-order valence-electron chi connectivity index (χ3n) is 4.43. The molecular weight excluding hydrogens is 268 g/mol. The summed E-state index contributed by atoms with van der Waals surface area (Å²) in [5, 5.41) is 9.63. The number of carbonyl (C=O) groups is 2. The highest BCUT2D eigenvalue weighted by Crippen LogP contribution is 2.39. The number of rotatable bonds is 4. The topological polar surface area (TPSA) is 70.5 Å². The number of aromatic nitrogens is 1. The molecule has 1 aromatic heterocycles. The Labute approximate surface area is 125 Å². The Morgan fingerprint density at radius 3 is 2.29 bits per heavy atom. The molecule has 5 nitrogen and oxygen atoms in total. The Balaban J connectivity index is 2.13. The van der Waals surface area contributed by atoms with Gasteiger partial charge in [-0.25, -0.2) is 0 Å². The number of nitrogens with zero attached hydrogens (tertiary/aromatic N) is 2. The molecule has 0 bridgehead atoms. The molecule has 114 valence electrons. The number of carboxylic acid groups (broad SMARTS) is 1. The molecule has 1 aromatic rings. The van der Waals surface area contributed by atoms with Crippen LogP contribution in [0.15, 0.2) is 24.5 Å². The fourth-order valence-electron chi connectivity index (χ4n) is 2.99. The molecule has 1 amide bonds. The lowest BCUT2D eigenvalue weighted by molar-refractivity contribution is -0.152. The summed E-state index contributed by atoms with van der Waals surface area (Å²) in [4.78, 5) is 29.7. The molecule has 2 rings (SSSR count). The van der Waals surface area contributed by atoms with E-state index in [9.17, 15) is 14.7 Å². The molecule has 0 aliphatic heterocycles. The van der Waals surface area contributed by atoms with Crippen molar-refractivity contribution in [2.75, 3.05) is 11.9 Å². The van der Waals surface area contributed by atoms with Crippen molar-refractivity contribution in [1.29, 1.82) is 0 Å². The number of carboxylic acids is 1. The van der Waals surface area contributed by atoms with E-state index < -0.39 is 11.4 Å². The quantitative estimate of drug-likeness (QED) is 0.866. The summed E-state index contributed by atoms with van der Waals surface area (Å²) in [5.41, 5.74) is -0.154. The van der Waals surface area contributed by atoms with Gasteiger partial charge in [0.15, 0.2) is 0 Å². The van der Waals surface area contributed by atoms with Crippen molar-refractivity contribution < 1.29 is 14.7 Å². The van der Waals surface area contributed by atoms with Crippen molar-refractivity contribution in [3.63, 3.8) is 0 Å². The molecule has 1 aliphatic rings. The van der Waals surface area contributed by atoms with Crippen LogP contribution in [0.2, 0.25) is 0 Å². The van der Waals surface area contributed by atoms with E-state index in [1.165, 1.54) is 4.90 Å². The van der Waals surface area contributed by atoms with Crippen molar-refractivity contribution in [2.45, 2.75) is 44.9 Å². The third kappa shape index (κ3) is 3.60. The summed E-state index contributed by atoms with van der Waals surface area (Å²) in [5.74, 6) is -0.980. The monoisotopic (exact) mass is 290 g/mol. The second-order valence-corrected chi connectivity index (χ2v) is 5.83. The van der Waals surface area contributed by atoms with Crippen LogP contribution in [0.3, 0.4) is 0 Å². The maximum Gasteiger partial charge on any atom is 0.310 e. The van der Waals surface area contributed by atoms with Crippen molar-refractivity contribution in [2.24, 2.45) is 5.41 Å². The largest absolute Gasteiger partial charge is 0.481 e. The average molecular weight is 290 g/mol. The highest BCUT2D eigenvalue weighted by Gasteiger charge is 2.41. The summed E-state index contributed by atoms with van der Waals surface area (Å²) >= 11 is 0. The van der Waals surface area contributed by atoms with E-state index in [0.29, 0.717) is 12.8 Å². The lowest BCUT2D eigenvalue weighted by atomic mass is 9.77. The molecule has 0 radical (unpaired) electrons. The summed E-state index contributed by atoms with van der Waals surface area (Å²) in [7, 11) is 1.68. The molecule has 1 aliphatic carbocycles. The summed E-state index contributed by atoms with van der Waals surface area (Å²) in [6.45, 7) is 0. The molecule has 1 N–H and O–H groups in total. The van der Waals surface area contributed by atoms with Crippen molar-refractivity contribution in [3.8, 4) is 0 Å². The van der Waals surface area contributed by atoms with E-state index in [1.807, 2.05) is 0 Å². The zero-order chi connectivity index (χ0) is 15.3. The van der Waals surface area contributed by atoms with Gasteiger partial charge in [0, 0.05) is 31.5 Å². The van der Waals surface area contributed by atoms with Crippen LogP contribution in [-0.4, -0.2) is 29.0 Å². The first-order chi connectivity index (χ1) is 10.1. The van der Waals surface area contributed by atoms with Crippen LogP contribution >= 0.6 is 0 Å². The number of hydrogen-bond donors (Lipinski definition) is 1. The van der Waals surface area contributed by atoms with Gasteiger partial charge in [-0.15, -0.1) is 0 Å². The van der Waals surface area contributed by atoms with Gasteiger partial charge >= 0.3 is 5.97 Å². The minimum atomic E-state index is -0.894. The predicted molar refractivity (Wildman–Crippen MR) is 80.0 cm³/mol.